The van der Waals surface area contributed by atoms with E-state index in [1.807, 2.05) is 37.3 Å². The van der Waals surface area contributed by atoms with E-state index in [4.69, 9.17) is 9.47 Å². The predicted octanol–water partition coefficient (Wildman–Crippen LogP) is 3.72. The van der Waals surface area contributed by atoms with Gasteiger partial charge >= 0.3 is 0 Å². The van der Waals surface area contributed by atoms with Gasteiger partial charge in [0.05, 0.1) is 19.9 Å². The number of hydrogen-bond donors (Lipinski definition) is 1. The number of rotatable bonds is 5. The minimum atomic E-state index is -0.252. The molecule has 1 N–H and O–H groups in total. The molecule has 0 saturated heterocycles. The number of aromatic nitrogens is 2. The van der Waals surface area contributed by atoms with Crippen LogP contribution in [0.25, 0.3) is 11.3 Å². The number of nitrogens with zero attached hydrogens (tertiary/aromatic N) is 2. The molecule has 0 fully saturated rings. The molecule has 6 heteroatoms. The summed E-state index contributed by atoms with van der Waals surface area (Å²) in [5, 5.41) is 2.89. The molecule has 0 atom stereocenters. The van der Waals surface area contributed by atoms with E-state index >= 15 is 0 Å². The van der Waals surface area contributed by atoms with Crippen LogP contribution in [-0.4, -0.2) is 30.1 Å². The maximum Gasteiger partial charge on any atom is 0.255 e. The molecule has 0 saturated carbocycles. The number of hydrogen-bond acceptors (Lipinski definition) is 5. The van der Waals surface area contributed by atoms with Crippen molar-refractivity contribution >= 4 is 11.6 Å². The molecule has 0 spiro atoms. The molecule has 1 aromatic heterocycles. The molecule has 0 radical (unpaired) electrons. The van der Waals surface area contributed by atoms with Crippen molar-refractivity contribution in [2.75, 3.05) is 19.5 Å². The summed E-state index contributed by atoms with van der Waals surface area (Å²) in [5.74, 6) is 1.55. The van der Waals surface area contributed by atoms with Crippen molar-refractivity contribution in [1.82, 2.24) is 9.97 Å². The van der Waals surface area contributed by atoms with Gasteiger partial charge < -0.3 is 14.8 Å². The van der Waals surface area contributed by atoms with Gasteiger partial charge in [0.25, 0.3) is 5.91 Å². The summed E-state index contributed by atoms with van der Waals surface area (Å²) in [7, 11) is 3.09. The van der Waals surface area contributed by atoms with Crippen LogP contribution in [0.2, 0.25) is 0 Å². The van der Waals surface area contributed by atoms with Crippen LogP contribution in [0.1, 0.15) is 16.2 Å². The van der Waals surface area contributed by atoms with Crippen molar-refractivity contribution in [3.63, 3.8) is 0 Å². The predicted molar refractivity (Wildman–Crippen MR) is 99.7 cm³/mol. The highest BCUT2D eigenvalue weighted by molar-refractivity contribution is 6.05. The zero-order chi connectivity index (χ0) is 18.5. The van der Waals surface area contributed by atoms with Gasteiger partial charge in [-0.3, -0.25) is 4.79 Å². The Labute approximate surface area is 151 Å². The molecule has 6 nitrogen and oxygen atoms in total. The standard InChI is InChI=1S/C20H19N3O3/c1-13-21-8-7-19(22-13)14-5-4-6-16(9-14)23-20(24)15-10-17(25-2)12-18(11-15)26-3/h4-12H,1-3H3,(H,23,24). The number of anilines is 1. The summed E-state index contributed by atoms with van der Waals surface area (Å²) in [5.41, 5.74) is 2.82. The quantitative estimate of drug-likeness (QED) is 0.760. The number of ether oxygens (including phenoxy) is 2. The van der Waals surface area contributed by atoms with Crippen molar-refractivity contribution in [2.24, 2.45) is 0 Å². The third-order valence-corrected chi connectivity index (χ3v) is 3.81. The van der Waals surface area contributed by atoms with Gasteiger partial charge in [-0.15, -0.1) is 0 Å². The third-order valence-electron chi connectivity index (χ3n) is 3.81. The Bertz CT molecular complexity index is 919. The molecule has 1 heterocycles. The van der Waals surface area contributed by atoms with Crippen LogP contribution in [0.3, 0.4) is 0 Å². The SMILES string of the molecule is COc1cc(OC)cc(C(=O)Nc2cccc(-c3ccnc(C)n3)c2)c1. The molecule has 2 aromatic carbocycles. The molecule has 0 aliphatic rings. The van der Waals surface area contributed by atoms with Gasteiger partial charge in [0.15, 0.2) is 0 Å². The van der Waals surface area contributed by atoms with Gasteiger partial charge in [0, 0.05) is 29.1 Å². The maximum atomic E-state index is 12.6. The minimum absolute atomic E-state index is 0.252. The first-order chi connectivity index (χ1) is 12.6. The molecule has 0 bridgehead atoms. The monoisotopic (exact) mass is 349 g/mol. The Balaban J connectivity index is 1.85. The zero-order valence-corrected chi connectivity index (χ0v) is 14.8. The van der Waals surface area contributed by atoms with Crippen LogP contribution in [0.5, 0.6) is 11.5 Å². The van der Waals surface area contributed by atoms with E-state index in [9.17, 15) is 4.79 Å². The zero-order valence-electron chi connectivity index (χ0n) is 14.8. The molecule has 0 aliphatic heterocycles. The van der Waals surface area contributed by atoms with E-state index in [1.54, 1.807) is 38.6 Å². The molecular weight excluding hydrogens is 330 g/mol. The van der Waals surface area contributed by atoms with Crippen molar-refractivity contribution < 1.29 is 14.3 Å². The van der Waals surface area contributed by atoms with Crippen LogP contribution in [0.4, 0.5) is 5.69 Å². The van der Waals surface area contributed by atoms with E-state index in [2.05, 4.69) is 15.3 Å². The summed E-state index contributed by atoms with van der Waals surface area (Å²) in [6.45, 7) is 1.84. The van der Waals surface area contributed by atoms with Crippen LogP contribution in [0.15, 0.2) is 54.7 Å². The van der Waals surface area contributed by atoms with Crippen LogP contribution in [0, 0.1) is 6.92 Å². The summed E-state index contributed by atoms with van der Waals surface area (Å²) < 4.78 is 10.4. The van der Waals surface area contributed by atoms with Crippen molar-refractivity contribution in [3.8, 4) is 22.8 Å². The first kappa shape index (κ1) is 17.4. The van der Waals surface area contributed by atoms with E-state index in [1.165, 1.54) is 0 Å². The van der Waals surface area contributed by atoms with Gasteiger partial charge in [0.2, 0.25) is 0 Å². The average Bonchev–Trinajstić information content (AvgIpc) is 2.67. The molecule has 132 valence electrons. The van der Waals surface area contributed by atoms with Crippen LogP contribution in [-0.2, 0) is 0 Å². The summed E-state index contributed by atoms with van der Waals surface area (Å²) >= 11 is 0. The summed E-state index contributed by atoms with van der Waals surface area (Å²) in [6.07, 6.45) is 1.71. The largest absolute Gasteiger partial charge is 0.497 e. The number of carbonyl (C=O) groups is 1. The van der Waals surface area contributed by atoms with Gasteiger partial charge in [-0.25, -0.2) is 9.97 Å². The molecular formula is C20H19N3O3. The van der Waals surface area contributed by atoms with Crippen molar-refractivity contribution in [3.05, 3.63) is 66.1 Å². The number of amides is 1. The lowest BCUT2D eigenvalue weighted by Gasteiger charge is -2.10. The molecule has 3 rings (SSSR count). The fourth-order valence-electron chi connectivity index (χ4n) is 2.52. The molecule has 3 aromatic rings. The third kappa shape index (κ3) is 3.97. The van der Waals surface area contributed by atoms with Gasteiger partial charge in [-0.05, 0) is 37.3 Å². The lowest BCUT2D eigenvalue weighted by molar-refractivity contribution is 0.102. The number of nitrogens with one attached hydrogen (secondary N) is 1. The number of aryl methyl sites for hydroxylation is 1. The number of carbonyl (C=O) groups excluding carboxylic acids is 1. The Morgan fingerprint density at radius 2 is 1.73 bits per heavy atom. The van der Waals surface area contributed by atoms with Crippen LogP contribution < -0.4 is 14.8 Å². The molecule has 26 heavy (non-hydrogen) atoms. The molecule has 1 amide bonds. The highest BCUT2D eigenvalue weighted by atomic mass is 16.5. The second-order valence-corrected chi connectivity index (χ2v) is 5.63. The highest BCUT2D eigenvalue weighted by Crippen LogP contribution is 2.24. The molecule has 0 aliphatic carbocycles. The topological polar surface area (TPSA) is 73.3 Å². The van der Waals surface area contributed by atoms with E-state index < -0.39 is 0 Å². The fraction of sp³-hybridized carbons (Fsp3) is 0.150. The number of methoxy groups -OCH3 is 2. The van der Waals surface area contributed by atoms with Gasteiger partial charge in [-0.2, -0.15) is 0 Å². The normalized spacial score (nSPS) is 10.3. The Morgan fingerprint density at radius 3 is 2.38 bits per heavy atom. The number of benzene rings is 2. The lowest BCUT2D eigenvalue weighted by Crippen LogP contribution is -2.12. The van der Waals surface area contributed by atoms with E-state index in [0.29, 0.717) is 28.6 Å². The smallest absolute Gasteiger partial charge is 0.255 e. The molecule has 0 unspecified atom stereocenters. The van der Waals surface area contributed by atoms with Crippen molar-refractivity contribution in [1.29, 1.82) is 0 Å². The highest BCUT2D eigenvalue weighted by Gasteiger charge is 2.11. The Morgan fingerprint density at radius 1 is 1.00 bits per heavy atom. The second-order valence-electron chi connectivity index (χ2n) is 5.63. The maximum absolute atomic E-state index is 12.6. The lowest BCUT2D eigenvalue weighted by atomic mass is 10.1. The average molecular weight is 349 g/mol. The first-order valence-corrected chi connectivity index (χ1v) is 8.03. The Kier molecular flexibility index (Phi) is 5.12. The summed E-state index contributed by atoms with van der Waals surface area (Å²) in [6, 6.07) is 14.4. The van der Waals surface area contributed by atoms with Crippen molar-refractivity contribution in [2.45, 2.75) is 6.92 Å². The van der Waals surface area contributed by atoms with Crippen LogP contribution >= 0.6 is 0 Å². The minimum Gasteiger partial charge on any atom is -0.497 e. The summed E-state index contributed by atoms with van der Waals surface area (Å²) in [4.78, 5) is 21.1. The van der Waals surface area contributed by atoms with E-state index in [-0.39, 0.29) is 5.91 Å². The van der Waals surface area contributed by atoms with E-state index in [0.717, 1.165) is 11.3 Å². The first-order valence-electron chi connectivity index (χ1n) is 8.03. The Hall–Kier alpha value is -3.41. The van der Waals surface area contributed by atoms with Gasteiger partial charge in [0.1, 0.15) is 17.3 Å². The van der Waals surface area contributed by atoms with Gasteiger partial charge in [-0.1, -0.05) is 12.1 Å². The fourth-order valence-corrected chi connectivity index (χ4v) is 2.52. The second kappa shape index (κ2) is 7.65.